The minimum Gasteiger partial charge on any atom is -0.481 e. The fraction of sp³-hybridized carbons (Fsp3) is 0.579. The van der Waals surface area contributed by atoms with E-state index in [0.29, 0.717) is 11.4 Å². The van der Waals surface area contributed by atoms with Crippen LogP contribution >= 0.6 is 0 Å². The van der Waals surface area contributed by atoms with Gasteiger partial charge in [0.05, 0.1) is 5.69 Å². The number of carbonyl (C=O) groups excluding carboxylic acids is 2. The Bertz CT molecular complexity index is 664. The van der Waals surface area contributed by atoms with Crippen LogP contribution in [0.4, 0.5) is 16.2 Å². The van der Waals surface area contributed by atoms with Crippen LogP contribution in [0.15, 0.2) is 18.2 Å². The van der Waals surface area contributed by atoms with Gasteiger partial charge in [-0.15, -0.1) is 0 Å². The molecule has 1 aromatic carbocycles. The highest BCUT2D eigenvalue weighted by Crippen LogP contribution is 2.34. The third kappa shape index (κ3) is 4.09. The van der Waals surface area contributed by atoms with Crippen molar-refractivity contribution < 1.29 is 19.1 Å². The molecule has 0 saturated carbocycles. The fourth-order valence-electron chi connectivity index (χ4n) is 3.58. The van der Waals surface area contributed by atoms with E-state index in [1.165, 1.54) is 0 Å². The number of methoxy groups -OCH3 is 1. The summed E-state index contributed by atoms with van der Waals surface area (Å²) < 4.78 is 10.6. The minimum atomic E-state index is -0.0819. The van der Waals surface area contributed by atoms with E-state index < -0.39 is 0 Å². The molecule has 0 radical (unpaired) electrons. The average molecular weight is 361 g/mol. The Balaban J connectivity index is 1.66. The number of ether oxygens (including phenoxy) is 2. The summed E-state index contributed by atoms with van der Waals surface area (Å²) in [5, 5.41) is 2.98. The molecule has 0 bridgehead atoms. The molecule has 3 amide bonds. The first-order valence-electron chi connectivity index (χ1n) is 9.20. The first-order chi connectivity index (χ1) is 12.6. The maximum absolute atomic E-state index is 12.8. The van der Waals surface area contributed by atoms with Crippen LogP contribution in [0.5, 0.6) is 5.75 Å². The lowest BCUT2D eigenvalue weighted by Crippen LogP contribution is -2.46. The lowest BCUT2D eigenvalue weighted by Gasteiger charge is -2.36. The molecule has 0 spiro atoms. The predicted molar refractivity (Wildman–Crippen MR) is 99.8 cm³/mol. The minimum absolute atomic E-state index is 0.0224. The number of carbonyl (C=O) groups is 2. The van der Waals surface area contributed by atoms with Crippen molar-refractivity contribution >= 4 is 23.3 Å². The second-order valence-electron chi connectivity index (χ2n) is 6.83. The van der Waals surface area contributed by atoms with Gasteiger partial charge in [0.15, 0.2) is 6.61 Å². The molecular weight excluding hydrogens is 334 g/mol. The van der Waals surface area contributed by atoms with Crippen LogP contribution in [0.25, 0.3) is 0 Å². The van der Waals surface area contributed by atoms with E-state index >= 15 is 0 Å². The lowest BCUT2D eigenvalue weighted by molar-refractivity contribution is -0.120. The summed E-state index contributed by atoms with van der Waals surface area (Å²) in [7, 11) is 3.43. The molecular formula is C19H27N3O4. The van der Waals surface area contributed by atoms with Gasteiger partial charge in [-0.05, 0) is 44.2 Å². The molecule has 3 rings (SSSR count). The van der Waals surface area contributed by atoms with Gasteiger partial charge >= 0.3 is 6.03 Å². The maximum Gasteiger partial charge on any atom is 0.322 e. The maximum atomic E-state index is 12.8. The number of likely N-dealkylation sites (N-methyl/N-ethyl adjacent to an activating group) is 1. The summed E-state index contributed by atoms with van der Waals surface area (Å²) in [6.07, 6.45) is 5.15. The summed E-state index contributed by atoms with van der Waals surface area (Å²) in [5.74, 6) is 0.529. The van der Waals surface area contributed by atoms with Crippen LogP contribution in [-0.2, 0) is 9.53 Å². The van der Waals surface area contributed by atoms with E-state index in [0.717, 1.165) is 50.9 Å². The summed E-state index contributed by atoms with van der Waals surface area (Å²) in [4.78, 5) is 28.0. The number of nitrogens with zero attached hydrogens (tertiary/aromatic N) is 2. The molecule has 26 heavy (non-hydrogen) atoms. The number of amides is 3. The number of fused-ring (bicyclic) bond motifs is 1. The van der Waals surface area contributed by atoms with Gasteiger partial charge in [-0.3, -0.25) is 4.79 Å². The summed E-state index contributed by atoms with van der Waals surface area (Å²) in [6.45, 7) is 1.52. The normalized spacial score (nSPS) is 19.8. The monoisotopic (exact) mass is 361 g/mol. The number of rotatable bonds is 5. The largest absolute Gasteiger partial charge is 0.481 e. The molecule has 0 unspecified atom stereocenters. The molecule has 0 aromatic heterocycles. The van der Waals surface area contributed by atoms with Gasteiger partial charge in [0.2, 0.25) is 0 Å². The molecule has 2 aliphatic heterocycles. The van der Waals surface area contributed by atoms with E-state index in [9.17, 15) is 9.59 Å². The van der Waals surface area contributed by atoms with Crippen LogP contribution < -0.4 is 15.0 Å². The summed E-state index contributed by atoms with van der Waals surface area (Å²) >= 11 is 0. The highest BCUT2D eigenvalue weighted by molar-refractivity contribution is 5.98. The van der Waals surface area contributed by atoms with Gasteiger partial charge in [-0.25, -0.2) is 4.79 Å². The number of likely N-dealkylation sites (tertiary alicyclic amines) is 1. The van der Waals surface area contributed by atoms with Gasteiger partial charge in [0, 0.05) is 45.1 Å². The van der Waals surface area contributed by atoms with Gasteiger partial charge in [0.1, 0.15) is 5.75 Å². The molecule has 1 aromatic rings. The highest BCUT2D eigenvalue weighted by atomic mass is 16.5. The zero-order chi connectivity index (χ0) is 18.5. The Kier molecular flexibility index (Phi) is 5.98. The molecule has 1 N–H and O–H groups in total. The Labute approximate surface area is 154 Å². The van der Waals surface area contributed by atoms with Crippen LogP contribution in [0, 0.1) is 0 Å². The van der Waals surface area contributed by atoms with Crippen molar-refractivity contribution in [2.75, 3.05) is 44.1 Å². The summed E-state index contributed by atoms with van der Waals surface area (Å²) in [6, 6.07) is 5.57. The van der Waals surface area contributed by atoms with E-state index in [1.807, 2.05) is 4.90 Å². The first-order valence-corrected chi connectivity index (χ1v) is 9.20. The number of urea groups is 1. The Morgan fingerprint density at radius 2 is 2.23 bits per heavy atom. The molecule has 1 fully saturated rings. The summed E-state index contributed by atoms with van der Waals surface area (Å²) in [5.41, 5.74) is 1.40. The molecule has 1 saturated heterocycles. The lowest BCUT2D eigenvalue weighted by atomic mass is 9.98. The van der Waals surface area contributed by atoms with Crippen molar-refractivity contribution in [2.45, 2.75) is 38.1 Å². The number of hydrogen-bond acceptors (Lipinski definition) is 4. The zero-order valence-corrected chi connectivity index (χ0v) is 15.5. The van der Waals surface area contributed by atoms with Crippen molar-refractivity contribution in [1.29, 1.82) is 0 Å². The van der Waals surface area contributed by atoms with Crippen molar-refractivity contribution in [2.24, 2.45) is 0 Å². The second-order valence-corrected chi connectivity index (χ2v) is 6.83. The zero-order valence-electron chi connectivity index (χ0n) is 15.5. The van der Waals surface area contributed by atoms with E-state index in [2.05, 4.69) is 5.32 Å². The third-order valence-electron chi connectivity index (χ3n) is 5.07. The molecule has 7 heteroatoms. The fourth-order valence-corrected chi connectivity index (χ4v) is 3.58. The Morgan fingerprint density at radius 1 is 1.38 bits per heavy atom. The van der Waals surface area contributed by atoms with Crippen molar-refractivity contribution in [1.82, 2.24) is 4.90 Å². The third-order valence-corrected chi connectivity index (χ3v) is 5.07. The van der Waals surface area contributed by atoms with Crippen LogP contribution in [0.2, 0.25) is 0 Å². The van der Waals surface area contributed by atoms with Gasteiger partial charge in [-0.2, -0.15) is 0 Å². The predicted octanol–water partition coefficient (Wildman–Crippen LogP) is 2.85. The van der Waals surface area contributed by atoms with Gasteiger partial charge in [-0.1, -0.05) is 0 Å². The molecule has 2 aliphatic rings. The molecule has 0 aliphatic carbocycles. The highest BCUT2D eigenvalue weighted by Gasteiger charge is 2.27. The first kappa shape index (κ1) is 18.5. The number of benzene rings is 1. The van der Waals surface area contributed by atoms with E-state index in [1.54, 1.807) is 37.3 Å². The van der Waals surface area contributed by atoms with Crippen LogP contribution in [0.3, 0.4) is 0 Å². The molecule has 1 atom stereocenters. The van der Waals surface area contributed by atoms with E-state index in [-0.39, 0.29) is 24.6 Å². The Morgan fingerprint density at radius 3 is 3.04 bits per heavy atom. The van der Waals surface area contributed by atoms with Gasteiger partial charge in [0.25, 0.3) is 5.91 Å². The van der Waals surface area contributed by atoms with Crippen molar-refractivity contribution in [3.8, 4) is 5.75 Å². The average Bonchev–Trinajstić information content (AvgIpc) is 2.65. The number of hydrogen-bond donors (Lipinski definition) is 1. The number of piperidine rings is 1. The van der Waals surface area contributed by atoms with Crippen molar-refractivity contribution in [3.63, 3.8) is 0 Å². The molecule has 7 nitrogen and oxygen atoms in total. The topological polar surface area (TPSA) is 71.1 Å². The number of nitrogens with one attached hydrogen (secondary N) is 1. The molecule has 142 valence electrons. The standard InChI is InChI=1S/C19H27N3O4/c1-21-16-9-8-14(12-17(16)26-13-18(21)23)20-19(24)22-10-4-3-6-15(22)7-5-11-25-2/h8-9,12,15H,3-7,10-11,13H2,1-2H3,(H,20,24)/t15-/m0/s1. The second kappa shape index (κ2) is 8.40. The smallest absolute Gasteiger partial charge is 0.322 e. The van der Waals surface area contributed by atoms with Crippen LogP contribution in [0.1, 0.15) is 32.1 Å². The van der Waals surface area contributed by atoms with Crippen molar-refractivity contribution in [3.05, 3.63) is 18.2 Å². The Hall–Kier alpha value is -2.28. The van der Waals surface area contributed by atoms with Crippen LogP contribution in [-0.4, -0.2) is 56.8 Å². The molecule has 2 heterocycles. The van der Waals surface area contributed by atoms with E-state index in [4.69, 9.17) is 9.47 Å². The SMILES string of the molecule is COCCC[C@@H]1CCCCN1C(=O)Nc1ccc2c(c1)OCC(=O)N2C. The number of anilines is 2. The van der Waals surface area contributed by atoms with Gasteiger partial charge < -0.3 is 24.6 Å². The quantitative estimate of drug-likeness (QED) is 0.819.